The molecule has 0 amide bonds. The highest BCUT2D eigenvalue weighted by molar-refractivity contribution is 14.1. The summed E-state index contributed by atoms with van der Waals surface area (Å²) >= 11 is 2.43. The van der Waals surface area contributed by atoms with E-state index >= 15 is 0 Å². The molecule has 22 heavy (non-hydrogen) atoms. The van der Waals surface area contributed by atoms with E-state index in [1.807, 2.05) is 18.2 Å². The molecule has 1 aliphatic rings. The summed E-state index contributed by atoms with van der Waals surface area (Å²) in [4.78, 5) is 0. The number of alkyl halides is 1. The van der Waals surface area contributed by atoms with Crippen molar-refractivity contribution >= 4 is 22.6 Å². The van der Waals surface area contributed by atoms with Gasteiger partial charge in [0.25, 0.3) is 0 Å². The quantitative estimate of drug-likeness (QED) is 0.517. The second kappa shape index (κ2) is 6.99. The van der Waals surface area contributed by atoms with Crippen LogP contribution < -0.4 is 0 Å². The molecule has 2 unspecified atom stereocenters. The number of hydrogen-bond donors (Lipinski definition) is 1. The van der Waals surface area contributed by atoms with Crippen LogP contribution in [0.15, 0.2) is 42.5 Å². The van der Waals surface area contributed by atoms with Gasteiger partial charge in [0.2, 0.25) is 0 Å². The Morgan fingerprint density at radius 2 is 1.91 bits per heavy atom. The molecule has 0 bridgehead atoms. The lowest BCUT2D eigenvalue weighted by Gasteiger charge is -2.34. The Morgan fingerprint density at radius 3 is 2.64 bits per heavy atom. The summed E-state index contributed by atoms with van der Waals surface area (Å²) in [6.45, 7) is 0. The van der Waals surface area contributed by atoms with E-state index in [2.05, 4.69) is 28.7 Å². The van der Waals surface area contributed by atoms with Gasteiger partial charge in [-0.15, -0.1) is 0 Å². The largest absolute Gasteiger partial charge is 0.508 e. The first-order valence-corrected chi connectivity index (χ1v) is 9.35. The van der Waals surface area contributed by atoms with Crippen LogP contribution in [0.2, 0.25) is 0 Å². The third-order valence-corrected chi connectivity index (χ3v) is 5.45. The van der Waals surface area contributed by atoms with Crippen LogP contribution in [0.5, 0.6) is 5.75 Å². The topological polar surface area (TPSA) is 20.2 Å². The first kappa shape index (κ1) is 15.8. The number of aromatic hydroxyl groups is 1. The Balaban J connectivity index is 1.96. The van der Waals surface area contributed by atoms with Gasteiger partial charge >= 0.3 is 0 Å². The molecule has 1 nitrogen and oxygen atoms in total. The van der Waals surface area contributed by atoms with Crippen molar-refractivity contribution in [1.82, 2.24) is 0 Å². The van der Waals surface area contributed by atoms with Crippen molar-refractivity contribution in [2.75, 3.05) is 4.43 Å². The molecule has 2 aromatic carbocycles. The molecule has 2 atom stereocenters. The smallest absolute Gasteiger partial charge is 0.123 e. The van der Waals surface area contributed by atoms with Crippen molar-refractivity contribution in [2.24, 2.45) is 0 Å². The van der Waals surface area contributed by atoms with Gasteiger partial charge in [-0.1, -0.05) is 40.8 Å². The molecule has 0 saturated heterocycles. The highest BCUT2D eigenvalue weighted by Crippen LogP contribution is 2.45. The zero-order valence-electron chi connectivity index (χ0n) is 12.4. The number of benzene rings is 2. The summed E-state index contributed by atoms with van der Waals surface area (Å²) in [5.41, 5.74) is 3.87. The minimum atomic E-state index is -0.173. The molecule has 1 aliphatic carbocycles. The molecule has 0 aromatic heterocycles. The van der Waals surface area contributed by atoms with Crippen LogP contribution in [-0.2, 0) is 6.42 Å². The minimum Gasteiger partial charge on any atom is -0.508 e. The van der Waals surface area contributed by atoms with Gasteiger partial charge in [0.05, 0.1) is 0 Å². The standard InChI is InChI=1S/C19H20FIO/c20-15-6-3-13(4-7-15)17-9-5-14-12-16(22)8-10-18(14)19(17)2-1-11-21/h3-4,6-8,10,12,17,19,22H,1-2,5,9,11H2. The summed E-state index contributed by atoms with van der Waals surface area (Å²) in [6.07, 6.45) is 4.37. The van der Waals surface area contributed by atoms with Crippen LogP contribution in [0.4, 0.5) is 4.39 Å². The summed E-state index contributed by atoms with van der Waals surface area (Å²) in [7, 11) is 0. The van der Waals surface area contributed by atoms with Gasteiger partial charge in [-0.25, -0.2) is 4.39 Å². The minimum absolute atomic E-state index is 0.173. The number of halogens is 2. The van der Waals surface area contributed by atoms with Crippen LogP contribution in [0.3, 0.4) is 0 Å². The number of hydrogen-bond acceptors (Lipinski definition) is 1. The van der Waals surface area contributed by atoms with Crippen molar-refractivity contribution in [2.45, 2.75) is 37.5 Å². The maximum Gasteiger partial charge on any atom is 0.123 e. The van der Waals surface area contributed by atoms with Crippen LogP contribution in [-0.4, -0.2) is 9.53 Å². The van der Waals surface area contributed by atoms with Gasteiger partial charge < -0.3 is 5.11 Å². The zero-order chi connectivity index (χ0) is 15.5. The van der Waals surface area contributed by atoms with E-state index in [0.29, 0.717) is 17.6 Å². The SMILES string of the molecule is Oc1ccc2c(c1)CCC(c1ccc(F)cc1)C2CCCI. The summed E-state index contributed by atoms with van der Waals surface area (Å²) in [5, 5.41) is 9.72. The fraction of sp³-hybridized carbons (Fsp3) is 0.368. The maximum absolute atomic E-state index is 13.2. The highest BCUT2D eigenvalue weighted by atomic mass is 127. The van der Waals surface area contributed by atoms with Gasteiger partial charge in [-0.2, -0.15) is 0 Å². The van der Waals surface area contributed by atoms with Gasteiger partial charge in [0, 0.05) is 0 Å². The van der Waals surface area contributed by atoms with Crippen molar-refractivity contribution in [1.29, 1.82) is 0 Å². The first-order valence-electron chi connectivity index (χ1n) is 7.82. The second-order valence-electron chi connectivity index (χ2n) is 6.02. The predicted molar refractivity (Wildman–Crippen MR) is 96.4 cm³/mol. The third-order valence-electron chi connectivity index (χ3n) is 4.68. The number of phenolic OH excluding ortho intramolecular Hbond substituents is 1. The van der Waals surface area contributed by atoms with Crippen LogP contribution in [0.1, 0.15) is 47.8 Å². The Morgan fingerprint density at radius 1 is 1.14 bits per heavy atom. The van der Waals surface area contributed by atoms with E-state index in [4.69, 9.17) is 0 Å². The summed E-state index contributed by atoms with van der Waals surface area (Å²) in [6, 6.07) is 12.8. The van der Waals surface area contributed by atoms with Crippen LogP contribution in [0.25, 0.3) is 0 Å². The molecule has 0 radical (unpaired) electrons. The number of phenols is 1. The average Bonchev–Trinajstić information content (AvgIpc) is 2.53. The van der Waals surface area contributed by atoms with Crippen LogP contribution >= 0.6 is 22.6 Å². The molecule has 0 spiro atoms. The molecule has 1 N–H and O–H groups in total. The predicted octanol–water partition coefficient (Wildman–Crippen LogP) is 5.56. The second-order valence-corrected chi connectivity index (χ2v) is 7.10. The average molecular weight is 410 g/mol. The molecular weight excluding hydrogens is 390 g/mol. The monoisotopic (exact) mass is 410 g/mol. The highest BCUT2D eigenvalue weighted by Gasteiger charge is 2.30. The molecule has 3 heteroatoms. The normalized spacial score (nSPS) is 20.6. The van der Waals surface area contributed by atoms with E-state index in [1.54, 1.807) is 18.2 Å². The Hall–Kier alpha value is -1.10. The Bertz CT molecular complexity index is 638. The fourth-order valence-electron chi connectivity index (χ4n) is 3.66. The molecule has 0 saturated carbocycles. The lowest BCUT2D eigenvalue weighted by atomic mass is 9.70. The number of rotatable bonds is 4. The van der Waals surface area contributed by atoms with Gasteiger partial charge in [-0.3, -0.25) is 0 Å². The van der Waals surface area contributed by atoms with E-state index < -0.39 is 0 Å². The van der Waals surface area contributed by atoms with E-state index in [-0.39, 0.29) is 5.82 Å². The number of fused-ring (bicyclic) bond motifs is 1. The van der Waals surface area contributed by atoms with E-state index in [9.17, 15) is 9.50 Å². The van der Waals surface area contributed by atoms with Gasteiger partial charge in [0.15, 0.2) is 0 Å². The first-order chi connectivity index (χ1) is 10.7. The Kier molecular flexibility index (Phi) is 5.01. The van der Waals surface area contributed by atoms with Gasteiger partial charge in [0.1, 0.15) is 11.6 Å². The van der Waals surface area contributed by atoms with Crippen molar-refractivity contribution in [3.63, 3.8) is 0 Å². The van der Waals surface area contributed by atoms with E-state index in [0.717, 1.165) is 23.7 Å². The molecule has 3 rings (SSSR count). The fourth-order valence-corrected chi connectivity index (χ4v) is 4.10. The lowest BCUT2D eigenvalue weighted by molar-refractivity contribution is 0.440. The lowest BCUT2D eigenvalue weighted by Crippen LogP contribution is -2.19. The van der Waals surface area contributed by atoms with Crippen LogP contribution in [0, 0.1) is 5.82 Å². The Labute approximate surface area is 144 Å². The maximum atomic E-state index is 13.2. The summed E-state index contributed by atoms with van der Waals surface area (Å²) < 4.78 is 14.4. The van der Waals surface area contributed by atoms with Crippen molar-refractivity contribution in [3.8, 4) is 5.75 Å². The summed E-state index contributed by atoms with van der Waals surface area (Å²) in [5.74, 6) is 1.09. The molecule has 116 valence electrons. The number of aryl methyl sites for hydroxylation is 1. The van der Waals surface area contributed by atoms with Crippen molar-refractivity contribution < 1.29 is 9.50 Å². The molecule has 0 aliphatic heterocycles. The van der Waals surface area contributed by atoms with E-state index in [1.165, 1.54) is 23.1 Å². The molecule has 0 heterocycles. The third kappa shape index (κ3) is 3.29. The molecular formula is C19H20FIO. The van der Waals surface area contributed by atoms with Gasteiger partial charge in [-0.05, 0) is 82.9 Å². The zero-order valence-corrected chi connectivity index (χ0v) is 14.6. The van der Waals surface area contributed by atoms with Crippen molar-refractivity contribution in [3.05, 3.63) is 65.0 Å². The molecule has 0 fully saturated rings. The molecule has 2 aromatic rings.